The molecule has 2 rings (SSSR count). The van der Waals surface area contributed by atoms with Gasteiger partial charge in [0.15, 0.2) is 0 Å². The van der Waals surface area contributed by atoms with Crippen molar-refractivity contribution in [3.8, 4) is 11.6 Å². The molecule has 1 unspecified atom stereocenters. The van der Waals surface area contributed by atoms with E-state index in [-0.39, 0.29) is 24.0 Å². The zero-order valence-corrected chi connectivity index (χ0v) is 14.2. The lowest BCUT2D eigenvalue weighted by Gasteiger charge is -2.06. The molecule has 1 atom stereocenters. The van der Waals surface area contributed by atoms with E-state index in [1.807, 2.05) is 43.7 Å². The number of halogens is 1. The van der Waals surface area contributed by atoms with Crippen LogP contribution in [0.3, 0.4) is 0 Å². The summed E-state index contributed by atoms with van der Waals surface area (Å²) in [6, 6.07) is 8.06. The maximum atomic E-state index is 10.7. The van der Waals surface area contributed by atoms with Gasteiger partial charge < -0.3 is 28.7 Å². The van der Waals surface area contributed by atoms with Crippen molar-refractivity contribution >= 4 is 19.6 Å². The molecule has 0 radical (unpaired) electrons. The number of hydrogen-bond donors (Lipinski definition) is 0. The molecular formula is C13H16INO3P+. The molecule has 2 aromatic rings. The van der Waals surface area contributed by atoms with E-state index < -0.39 is 8.69 Å². The van der Waals surface area contributed by atoms with Crippen molar-refractivity contribution in [1.82, 2.24) is 0 Å². The van der Waals surface area contributed by atoms with Crippen LogP contribution in [0, 0.1) is 6.92 Å². The van der Waals surface area contributed by atoms with Crippen LogP contribution in [0.2, 0.25) is 0 Å². The number of aromatic nitrogens is 1. The number of nitrogens with zero attached hydrogens (tertiary/aromatic N) is 1. The predicted molar refractivity (Wildman–Crippen MR) is 70.7 cm³/mol. The van der Waals surface area contributed by atoms with Gasteiger partial charge in [0.25, 0.3) is 0 Å². The van der Waals surface area contributed by atoms with Crippen LogP contribution in [-0.2, 0) is 11.6 Å². The minimum absolute atomic E-state index is 0. The lowest BCUT2D eigenvalue weighted by Crippen LogP contribution is -3.00. The molecule has 0 fully saturated rings. The molecule has 0 bridgehead atoms. The van der Waals surface area contributed by atoms with Crippen LogP contribution in [0.1, 0.15) is 12.5 Å². The van der Waals surface area contributed by atoms with Crippen molar-refractivity contribution in [2.24, 2.45) is 7.05 Å². The first-order valence-electron chi connectivity index (χ1n) is 5.77. The second-order valence-corrected chi connectivity index (χ2v) is 4.42. The number of hydrogen-bond acceptors (Lipinski definition) is 3. The Hall–Kier alpha value is -0.940. The number of ether oxygens (including phenoxy) is 1. The average Bonchev–Trinajstić information content (AvgIpc) is 2.35. The summed E-state index contributed by atoms with van der Waals surface area (Å²) in [5.74, 6) is 1.10. The third-order valence-corrected chi connectivity index (χ3v) is 3.06. The molecular weight excluding hydrogens is 376 g/mol. The first-order chi connectivity index (χ1) is 8.67. The van der Waals surface area contributed by atoms with Crippen LogP contribution < -0.4 is 37.8 Å². The zero-order chi connectivity index (χ0) is 13.1. The second-order valence-electron chi connectivity index (χ2n) is 4.05. The normalized spacial score (nSPS) is 10.3. The molecule has 6 heteroatoms. The number of rotatable bonds is 4. The van der Waals surface area contributed by atoms with Gasteiger partial charge in [0.2, 0.25) is 11.3 Å². The Balaban J connectivity index is 0.00000180. The van der Waals surface area contributed by atoms with Crippen LogP contribution in [-0.4, -0.2) is 6.61 Å². The van der Waals surface area contributed by atoms with Crippen LogP contribution in [0.25, 0.3) is 10.9 Å². The average molecular weight is 392 g/mol. The third-order valence-electron chi connectivity index (χ3n) is 2.79. The fourth-order valence-corrected chi connectivity index (χ4v) is 2.28. The predicted octanol–water partition coefficient (Wildman–Crippen LogP) is -0.307. The van der Waals surface area contributed by atoms with E-state index in [4.69, 9.17) is 9.26 Å². The van der Waals surface area contributed by atoms with E-state index in [1.165, 1.54) is 0 Å². The van der Waals surface area contributed by atoms with Crippen molar-refractivity contribution in [3.63, 3.8) is 0 Å². The van der Waals surface area contributed by atoms with E-state index in [0.717, 1.165) is 16.5 Å². The Labute approximate surface area is 131 Å². The van der Waals surface area contributed by atoms with Gasteiger partial charge in [-0.25, -0.2) is 0 Å². The summed E-state index contributed by atoms with van der Waals surface area (Å²) in [5.41, 5.74) is 2.18. The maximum Gasteiger partial charge on any atom is 0.548 e. The lowest BCUT2D eigenvalue weighted by atomic mass is 10.1. The summed E-state index contributed by atoms with van der Waals surface area (Å²) >= 11 is 0. The molecule has 0 aliphatic heterocycles. The summed E-state index contributed by atoms with van der Waals surface area (Å²) in [6.07, 6.45) is 0. The molecule has 0 N–H and O–H groups in total. The number of pyridine rings is 1. The molecule has 1 heterocycles. The molecule has 19 heavy (non-hydrogen) atoms. The van der Waals surface area contributed by atoms with E-state index in [1.54, 1.807) is 0 Å². The molecule has 0 amide bonds. The highest BCUT2D eigenvalue weighted by molar-refractivity contribution is 7.17. The van der Waals surface area contributed by atoms with Gasteiger partial charge in [-0.1, -0.05) is 6.07 Å². The summed E-state index contributed by atoms with van der Waals surface area (Å²) in [7, 11) is 1.02. The summed E-state index contributed by atoms with van der Waals surface area (Å²) in [5, 5.41) is 1.06. The van der Waals surface area contributed by atoms with Crippen molar-refractivity contribution in [2.75, 3.05) is 6.61 Å². The monoisotopic (exact) mass is 392 g/mol. The van der Waals surface area contributed by atoms with Gasteiger partial charge in [-0.2, -0.15) is 9.09 Å². The largest absolute Gasteiger partial charge is 1.00 e. The molecule has 0 aliphatic carbocycles. The first kappa shape index (κ1) is 16.1. The second kappa shape index (κ2) is 7.01. The van der Waals surface area contributed by atoms with Crippen molar-refractivity contribution in [3.05, 3.63) is 29.8 Å². The van der Waals surface area contributed by atoms with Gasteiger partial charge in [0.05, 0.1) is 12.0 Å². The maximum absolute atomic E-state index is 10.7. The molecule has 0 aliphatic rings. The SMILES string of the molecule is CCOc1cc2ccc(C)cc2[n+](C)c1O[PH+]=O.[I-]. The van der Waals surface area contributed by atoms with Crippen LogP contribution in [0.15, 0.2) is 24.3 Å². The van der Waals surface area contributed by atoms with Gasteiger partial charge in [0, 0.05) is 12.1 Å². The van der Waals surface area contributed by atoms with Gasteiger partial charge in [-0.05, 0) is 30.0 Å². The highest BCUT2D eigenvalue weighted by Crippen LogP contribution is 2.29. The Morgan fingerprint density at radius 3 is 2.68 bits per heavy atom. The fourth-order valence-electron chi connectivity index (χ4n) is 1.96. The summed E-state index contributed by atoms with van der Waals surface area (Å²) in [6.45, 7) is 4.48. The van der Waals surface area contributed by atoms with Gasteiger partial charge in [-0.3, -0.25) is 0 Å². The molecule has 1 aromatic heterocycles. The zero-order valence-electron chi connectivity index (χ0n) is 11.1. The molecule has 1 aromatic carbocycles. The fraction of sp³-hybridized carbons (Fsp3) is 0.308. The quantitative estimate of drug-likeness (QED) is 0.408. The molecule has 102 valence electrons. The first-order valence-corrected chi connectivity index (χ1v) is 6.59. The van der Waals surface area contributed by atoms with E-state index in [0.29, 0.717) is 18.2 Å². The Bertz CT molecular complexity index is 604. The van der Waals surface area contributed by atoms with Crippen LogP contribution in [0.4, 0.5) is 0 Å². The summed E-state index contributed by atoms with van der Waals surface area (Å²) < 4.78 is 23.3. The van der Waals surface area contributed by atoms with E-state index in [9.17, 15) is 4.57 Å². The van der Waals surface area contributed by atoms with Crippen molar-refractivity contribution in [1.29, 1.82) is 0 Å². The minimum atomic E-state index is -0.850. The minimum Gasteiger partial charge on any atom is -1.00 e. The van der Waals surface area contributed by atoms with E-state index in [2.05, 4.69) is 6.07 Å². The van der Waals surface area contributed by atoms with Crippen molar-refractivity contribution < 1.29 is 42.4 Å². The number of fused-ring (bicyclic) bond motifs is 1. The third kappa shape index (κ3) is 3.34. The Morgan fingerprint density at radius 1 is 1.32 bits per heavy atom. The summed E-state index contributed by atoms with van der Waals surface area (Å²) in [4.78, 5) is 0. The Kier molecular flexibility index (Phi) is 5.94. The van der Waals surface area contributed by atoms with Gasteiger partial charge in [-0.15, -0.1) is 0 Å². The number of aryl methyl sites for hydroxylation is 2. The molecule has 0 spiro atoms. The van der Waals surface area contributed by atoms with Gasteiger partial charge in [0.1, 0.15) is 7.05 Å². The number of benzene rings is 1. The topological polar surface area (TPSA) is 39.4 Å². The van der Waals surface area contributed by atoms with Gasteiger partial charge >= 0.3 is 14.6 Å². The molecule has 4 nitrogen and oxygen atoms in total. The lowest BCUT2D eigenvalue weighted by molar-refractivity contribution is -0.648. The van der Waals surface area contributed by atoms with E-state index >= 15 is 0 Å². The van der Waals surface area contributed by atoms with Crippen LogP contribution >= 0.6 is 8.69 Å². The standard InChI is InChI=1S/C13H16NO3P.HI/c1-4-16-12-8-10-6-5-9(2)7-11(10)14(3)13(12)17-18-15;/h5-8,18H,4H2,1-3H3;1H/q+2;/p-1. The highest BCUT2D eigenvalue weighted by Gasteiger charge is 2.24. The van der Waals surface area contributed by atoms with Crippen LogP contribution in [0.5, 0.6) is 11.6 Å². The van der Waals surface area contributed by atoms with Crippen molar-refractivity contribution in [2.45, 2.75) is 13.8 Å². The highest BCUT2D eigenvalue weighted by atomic mass is 127. The Morgan fingerprint density at radius 2 is 2.05 bits per heavy atom. The smallest absolute Gasteiger partial charge is 0.548 e. The molecule has 0 saturated carbocycles. The molecule has 0 saturated heterocycles.